The van der Waals surface area contributed by atoms with Gasteiger partial charge in [0.2, 0.25) is 0 Å². The molecule has 1 amide bonds. The number of nitrogens with one attached hydrogen (secondary N) is 2. The van der Waals surface area contributed by atoms with E-state index in [1.807, 2.05) is 48.5 Å². The van der Waals surface area contributed by atoms with Crippen LogP contribution in [0.1, 0.15) is 33.9 Å². The average molecular weight is 421 g/mol. The summed E-state index contributed by atoms with van der Waals surface area (Å²) in [6, 6.07) is 27.3. The highest BCUT2D eigenvalue weighted by atomic mass is 32.2. The van der Waals surface area contributed by atoms with Gasteiger partial charge in [0.1, 0.15) is 0 Å². The normalized spacial score (nSPS) is 17.6. The van der Waals surface area contributed by atoms with E-state index in [9.17, 15) is 13.2 Å². The molecule has 0 aromatic heterocycles. The molecule has 1 fully saturated rings. The molecule has 1 aliphatic rings. The lowest BCUT2D eigenvalue weighted by Gasteiger charge is -2.21. The highest BCUT2D eigenvalue weighted by Gasteiger charge is 2.29. The highest BCUT2D eigenvalue weighted by molar-refractivity contribution is 7.91. The molecule has 1 saturated heterocycles. The van der Waals surface area contributed by atoms with E-state index in [1.54, 1.807) is 12.1 Å². The van der Waals surface area contributed by atoms with Crippen LogP contribution in [0, 0.1) is 0 Å². The van der Waals surface area contributed by atoms with E-state index < -0.39 is 9.84 Å². The minimum absolute atomic E-state index is 0.0178. The summed E-state index contributed by atoms with van der Waals surface area (Å²) in [5, 5.41) is 6.37. The fourth-order valence-corrected chi connectivity index (χ4v) is 5.39. The molecule has 0 radical (unpaired) electrons. The number of carbonyl (C=O) groups is 1. The molecule has 1 heterocycles. The highest BCUT2D eigenvalue weighted by Crippen LogP contribution is 2.26. The summed E-state index contributed by atoms with van der Waals surface area (Å²) in [5.41, 5.74) is 3.70. The zero-order valence-corrected chi connectivity index (χ0v) is 17.3. The van der Waals surface area contributed by atoms with E-state index in [-0.39, 0.29) is 29.5 Å². The molecule has 0 aliphatic carbocycles. The van der Waals surface area contributed by atoms with E-state index >= 15 is 0 Å². The molecule has 6 heteroatoms. The molecule has 2 N–H and O–H groups in total. The van der Waals surface area contributed by atoms with Gasteiger partial charge in [-0.3, -0.25) is 4.79 Å². The number of carbonyl (C=O) groups excluding carboxylic acids is 1. The molecule has 0 spiro atoms. The number of amides is 1. The lowest BCUT2D eigenvalue weighted by atomic mass is 9.98. The molecule has 1 atom stereocenters. The van der Waals surface area contributed by atoms with Crippen molar-refractivity contribution in [3.63, 3.8) is 0 Å². The molecule has 4 rings (SSSR count). The fraction of sp³-hybridized carbons (Fsp3) is 0.208. The van der Waals surface area contributed by atoms with Gasteiger partial charge < -0.3 is 10.6 Å². The van der Waals surface area contributed by atoms with Crippen LogP contribution in [0.2, 0.25) is 0 Å². The molecule has 154 valence electrons. The van der Waals surface area contributed by atoms with Crippen LogP contribution in [0.4, 0.5) is 5.69 Å². The lowest BCUT2D eigenvalue weighted by molar-refractivity contribution is 0.0941. The van der Waals surface area contributed by atoms with Gasteiger partial charge in [-0.05, 0) is 41.8 Å². The first-order chi connectivity index (χ1) is 14.5. The van der Waals surface area contributed by atoms with Crippen molar-refractivity contribution >= 4 is 21.4 Å². The second-order valence-corrected chi connectivity index (χ2v) is 9.78. The topological polar surface area (TPSA) is 75.3 Å². The number of hydrogen-bond acceptors (Lipinski definition) is 4. The van der Waals surface area contributed by atoms with Crippen molar-refractivity contribution in [3.05, 3.63) is 102 Å². The Hall–Kier alpha value is -3.12. The summed E-state index contributed by atoms with van der Waals surface area (Å²) in [5.74, 6) is -0.0821. The van der Waals surface area contributed by atoms with Gasteiger partial charge in [-0.1, -0.05) is 60.7 Å². The van der Waals surface area contributed by atoms with Gasteiger partial charge in [-0.25, -0.2) is 8.42 Å². The van der Waals surface area contributed by atoms with E-state index in [0.717, 1.165) is 16.8 Å². The smallest absolute Gasteiger partial charge is 0.251 e. The Kier molecular flexibility index (Phi) is 5.86. The van der Waals surface area contributed by atoms with Crippen LogP contribution in [0.25, 0.3) is 0 Å². The lowest BCUT2D eigenvalue weighted by Crippen LogP contribution is -2.35. The molecule has 30 heavy (non-hydrogen) atoms. The summed E-state index contributed by atoms with van der Waals surface area (Å²) in [6.45, 7) is 0. The first-order valence-electron chi connectivity index (χ1n) is 9.98. The van der Waals surface area contributed by atoms with Gasteiger partial charge >= 0.3 is 0 Å². The molecule has 0 saturated carbocycles. The standard InChI is InChI=1S/C24H24N2O3S/c27-24(26-22-15-16-30(28,29)17-22)20-11-13-21(14-12-20)25-23(18-7-3-1-4-8-18)19-9-5-2-6-10-19/h1-14,22-23,25H,15-17H2,(H,26,27)/t22-/m1/s1. The zero-order chi connectivity index (χ0) is 21.0. The van der Waals surface area contributed by atoms with Crippen molar-refractivity contribution < 1.29 is 13.2 Å². The fourth-order valence-electron chi connectivity index (χ4n) is 3.71. The maximum absolute atomic E-state index is 12.5. The Bertz CT molecular complexity index is 1060. The van der Waals surface area contributed by atoms with E-state index in [1.165, 1.54) is 0 Å². The minimum atomic E-state index is -3.02. The van der Waals surface area contributed by atoms with Gasteiger partial charge in [-0.2, -0.15) is 0 Å². The summed E-state index contributed by atoms with van der Waals surface area (Å²) in [4.78, 5) is 12.5. The van der Waals surface area contributed by atoms with E-state index in [2.05, 4.69) is 34.9 Å². The van der Waals surface area contributed by atoms with Crippen LogP contribution in [-0.2, 0) is 9.84 Å². The van der Waals surface area contributed by atoms with Crippen molar-refractivity contribution in [1.82, 2.24) is 5.32 Å². The first kappa shape index (κ1) is 20.2. The van der Waals surface area contributed by atoms with Crippen LogP contribution in [-0.4, -0.2) is 31.9 Å². The quantitative estimate of drug-likeness (QED) is 0.636. The number of anilines is 1. The van der Waals surface area contributed by atoms with Crippen LogP contribution >= 0.6 is 0 Å². The van der Waals surface area contributed by atoms with Gasteiger partial charge in [-0.15, -0.1) is 0 Å². The number of benzene rings is 3. The predicted octanol–water partition coefficient (Wildman–Crippen LogP) is 3.81. The molecule has 1 aliphatic heterocycles. The van der Waals surface area contributed by atoms with Gasteiger partial charge in [0, 0.05) is 17.3 Å². The largest absolute Gasteiger partial charge is 0.374 e. The molecule has 0 bridgehead atoms. The first-order valence-corrected chi connectivity index (χ1v) is 11.8. The third-order valence-corrected chi connectivity index (χ3v) is 7.06. The SMILES string of the molecule is O=C(N[C@@H]1CCS(=O)(=O)C1)c1ccc(NC(c2ccccc2)c2ccccc2)cc1. The Balaban J connectivity index is 1.48. The summed E-state index contributed by atoms with van der Waals surface area (Å²) in [6.07, 6.45) is 0.476. The van der Waals surface area contributed by atoms with Crippen molar-refractivity contribution in [2.45, 2.75) is 18.5 Å². The van der Waals surface area contributed by atoms with Crippen molar-refractivity contribution in [3.8, 4) is 0 Å². The van der Waals surface area contributed by atoms with Crippen LogP contribution in [0.3, 0.4) is 0 Å². The van der Waals surface area contributed by atoms with E-state index in [0.29, 0.717) is 12.0 Å². The maximum Gasteiger partial charge on any atom is 0.251 e. The number of rotatable bonds is 6. The predicted molar refractivity (Wildman–Crippen MR) is 119 cm³/mol. The molecule has 5 nitrogen and oxygen atoms in total. The average Bonchev–Trinajstić information content (AvgIpc) is 3.11. The third kappa shape index (κ3) is 4.89. The Labute approximate surface area is 177 Å². The molecular formula is C24H24N2O3S. The Morgan fingerprint density at radius 2 is 1.40 bits per heavy atom. The summed E-state index contributed by atoms with van der Waals surface area (Å²) in [7, 11) is -3.02. The second-order valence-electron chi connectivity index (χ2n) is 7.55. The van der Waals surface area contributed by atoms with Crippen LogP contribution in [0.15, 0.2) is 84.9 Å². The maximum atomic E-state index is 12.5. The molecular weight excluding hydrogens is 396 g/mol. The van der Waals surface area contributed by atoms with E-state index in [4.69, 9.17) is 0 Å². The molecule has 3 aromatic rings. The Morgan fingerprint density at radius 3 is 1.90 bits per heavy atom. The summed E-state index contributed by atoms with van der Waals surface area (Å²) >= 11 is 0. The van der Waals surface area contributed by atoms with Crippen molar-refractivity contribution in [1.29, 1.82) is 0 Å². The van der Waals surface area contributed by atoms with Crippen LogP contribution in [0.5, 0.6) is 0 Å². The monoisotopic (exact) mass is 420 g/mol. The molecule has 3 aromatic carbocycles. The van der Waals surface area contributed by atoms with Gasteiger partial charge in [0.25, 0.3) is 5.91 Å². The van der Waals surface area contributed by atoms with Crippen molar-refractivity contribution in [2.24, 2.45) is 0 Å². The minimum Gasteiger partial charge on any atom is -0.374 e. The van der Waals surface area contributed by atoms with Crippen molar-refractivity contribution in [2.75, 3.05) is 16.8 Å². The number of hydrogen-bond donors (Lipinski definition) is 2. The molecule has 0 unspecified atom stereocenters. The van der Waals surface area contributed by atoms with Crippen LogP contribution < -0.4 is 10.6 Å². The third-order valence-electron chi connectivity index (χ3n) is 5.29. The number of sulfone groups is 1. The Morgan fingerprint density at radius 1 is 0.833 bits per heavy atom. The summed E-state index contributed by atoms with van der Waals surface area (Å²) < 4.78 is 23.2. The second kappa shape index (κ2) is 8.71. The van der Waals surface area contributed by atoms with Gasteiger partial charge in [0.05, 0.1) is 17.5 Å². The zero-order valence-electron chi connectivity index (χ0n) is 16.5. The van der Waals surface area contributed by atoms with Gasteiger partial charge in [0.15, 0.2) is 9.84 Å².